The third kappa shape index (κ3) is 1.40. The molecule has 0 spiro atoms. The zero-order valence-corrected chi connectivity index (χ0v) is 6.96. The number of oxazole rings is 1. The molecule has 1 aromatic carbocycles. The molecule has 0 fully saturated rings. The standard InChI is InChI=1S/C9H9FN2O/c10-6-2-1-3-7-9(6)12-8(13-7)4-5-11/h1-3H,4-5,11H2. The first-order valence-corrected chi connectivity index (χ1v) is 4.05. The summed E-state index contributed by atoms with van der Waals surface area (Å²) in [6.07, 6.45) is 0.536. The van der Waals surface area contributed by atoms with Crippen LogP contribution in [0.5, 0.6) is 0 Å². The monoisotopic (exact) mass is 180 g/mol. The molecule has 2 N–H and O–H groups in total. The number of nitrogens with zero attached hydrogens (tertiary/aromatic N) is 1. The highest BCUT2D eigenvalue weighted by Crippen LogP contribution is 2.18. The Bertz CT molecular complexity index is 424. The van der Waals surface area contributed by atoms with Gasteiger partial charge in [-0.3, -0.25) is 0 Å². The van der Waals surface area contributed by atoms with E-state index in [2.05, 4.69) is 4.98 Å². The summed E-state index contributed by atoms with van der Waals surface area (Å²) in [6.45, 7) is 0.453. The Kier molecular flexibility index (Phi) is 1.98. The molecular weight excluding hydrogens is 171 g/mol. The number of aromatic nitrogens is 1. The highest BCUT2D eigenvalue weighted by molar-refractivity contribution is 5.72. The SMILES string of the molecule is NCCc1nc2c(F)cccc2o1. The number of fused-ring (bicyclic) bond motifs is 1. The van der Waals surface area contributed by atoms with Crippen LogP contribution in [0.2, 0.25) is 0 Å². The van der Waals surface area contributed by atoms with Crippen molar-refractivity contribution in [2.45, 2.75) is 6.42 Å². The lowest BCUT2D eigenvalue weighted by Crippen LogP contribution is -2.02. The summed E-state index contributed by atoms with van der Waals surface area (Å²) in [5, 5.41) is 0. The van der Waals surface area contributed by atoms with Crippen LogP contribution >= 0.6 is 0 Å². The lowest BCUT2D eigenvalue weighted by Gasteiger charge is -1.85. The predicted molar refractivity (Wildman–Crippen MR) is 46.7 cm³/mol. The van der Waals surface area contributed by atoms with Gasteiger partial charge >= 0.3 is 0 Å². The highest BCUT2D eigenvalue weighted by atomic mass is 19.1. The summed E-state index contributed by atoms with van der Waals surface area (Å²) in [5.41, 5.74) is 6.09. The number of hydrogen-bond acceptors (Lipinski definition) is 3. The molecule has 13 heavy (non-hydrogen) atoms. The van der Waals surface area contributed by atoms with Gasteiger partial charge in [0, 0.05) is 13.0 Å². The lowest BCUT2D eigenvalue weighted by atomic mass is 10.3. The van der Waals surface area contributed by atoms with Gasteiger partial charge in [0.15, 0.2) is 17.3 Å². The molecule has 0 atom stereocenters. The van der Waals surface area contributed by atoms with Crippen LogP contribution in [0.15, 0.2) is 22.6 Å². The minimum atomic E-state index is -0.357. The summed E-state index contributed by atoms with van der Waals surface area (Å²) in [7, 11) is 0. The van der Waals surface area contributed by atoms with E-state index < -0.39 is 0 Å². The number of benzene rings is 1. The van der Waals surface area contributed by atoms with Crippen LogP contribution in [0.25, 0.3) is 11.1 Å². The Hall–Kier alpha value is -1.42. The van der Waals surface area contributed by atoms with Crippen LogP contribution in [-0.4, -0.2) is 11.5 Å². The minimum absolute atomic E-state index is 0.283. The number of para-hydroxylation sites is 1. The van der Waals surface area contributed by atoms with Gasteiger partial charge in [0.05, 0.1) is 0 Å². The van der Waals surface area contributed by atoms with Gasteiger partial charge in [0.25, 0.3) is 0 Å². The van der Waals surface area contributed by atoms with E-state index in [1.54, 1.807) is 12.1 Å². The Balaban J connectivity index is 2.55. The third-order valence-electron chi connectivity index (χ3n) is 1.77. The molecule has 4 heteroatoms. The quantitative estimate of drug-likeness (QED) is 0.761. The number of nitrogens with two attached hydrogens (primary N) is 1. The van der Waals surface area contributed by atoms with E-state index in [0.717, 1.165) is 0 Å². The summed E-state index contributed by atoms with van der Waals surface area (Å²) >= 11 is 0. The molecule has 1 heterocycles. The van der Waals surface area contributed by atoms with E-state index in [1.165, 1.54) is 6.07 Å². The Morgan fingerprint density at radius 3 is 3.00 bits per heavy atom. The fraction of sp³-hybridized carbons (Fsp3) is 0.222. The Labute approximate surface area is 74.4 Å². The Morgan fingerprint density at radius 2 is 2.31 bits per heavy atom. The van der Waals surface area contributed by atoms with E-state index in [9.17, 15) is 4.39 Å². The van der Waals surface area contributed by atoms with Crippen LogP contribution in [0.3, 0.4) is 0 Å². The molecule has 0 saturated carbocycles. The van der Waals surface area contributed by atoms with Crippen LogP contribution in [-0.2, 0) is 6.42 Å². The molecule has 0 bridgehead atoms. The molecule has 1 aromatic heterocycles. The van der Waals surface area contributed by atoms with Gasteiger partial charge in [-0.25, -0.2) is 9.37 Å². The van der Waals surface area contributed by atoms with Crippen molar-refractivity contribution in [2.24, 2.45) is 5.73 Å². The largest absolute Gasteiger partial charge is 0.441 e. The van der Waals surface area contributed by atoms with E-state index in [4.69, 9.17) is 10.2 Å². The molecule has 68 valence electrons. The highest BCUT2D eigenvalue weighted by Gasteiger charge is 2.07. The second kappa shape index (κ2) is 3.14. The Morgan fingerprint density at radius 1 is 1.46 bits per heavy atom. The van der Waals surface area contributed by atoms with Gasteiger partial charge in [-0.15, -0.1) is 0 Å². The molecule has 0 aliphatic heterocycles. The molecule has 3 nitrogen and oxygen atoms in total. The summed E-state index contributed by atoms with van der Waals surface area (Å²) < 4.78 is 18.3. The normalized spacial score (nSPS) is 10.9. The smallest absolute Gasteiger partial charge is 0.196 e. The third-order valence-corrected chi connectivity index (χ3v) is 1.77. The number of hydrogen-bond donors (Lipinski definition) is 1. The van der Waals surface area contributed by atoms with Crippen LogP contribution in [0, 0.1) is 5.82 Å². The van der Waals surface area contributed by atoms with Crippen molar-refractivity contribution in [3.8, 4) is 0 Å². The number of rotatable bonds is 2. The van der Waals surface area contributed by atoms with Crippen molar-refractivity contribution in [1.82, 2.24) is 4.98 Å². The van der Waals surface area contributed by atoms with E-state index in [1.807, 2.05) is 0 Å². The summed E-state index contributed by atoms with van der Waals surface area (Å²) in [4.78, 5) is 3.98. The average Bonchev–Trinajstić information content (AvgIpc) is 2.49. The van der Waals surface area contributed by atoms with E-state index in [-0.39, 0.29) is 11.3 Å². The van der Waals surface area contributed by atoms with E-state index in [0.29, 0.717) is 24.4 Å². The maximum atomic E-state index is 13.1. The van der Waals surface area contributed by atoms with Crippen molar-refractivity contribution >= 4 is 11.1 Å². The second-order valence-corrected chi connectivity index (χ2v) is 2.73. The van der Waals surface area contributed by atoms with Gasteiger partial charge in [0.2, 0.25) is 0 Å². The maximum Gasteiger partial charge on any atom is 0.196 e. The van der Waals surface area contributed by atoms with Gasteiger partial charge in [-0.1, -0.05) is 6.07 Å². The molecule has 0 aliphatic carbocycles. The van der Waals surface area contributed by atoms with Gasteiger partial charge < -0.3 is 10.2 Å². The summed E-state index contributed by atoms with van der Waals surface area (Å²) in [6, 6.07) is 4.64. The lowest BCUT2D eigenvalue weighted by molar-refractivity contribution is 0.531. The van der Waals surface area contributed by atoms with Crippen LogP contribution in [0.1, 0.15) is 5.89 Å². The van der Waals surface area contributed by atoms with Crippen LogP contribution in [0.4, 0.5) is 4.39 Å². The van der Waals surface area contributed by atoms with Crippen molar-refractivity contribution in [1.29, 1.82) is 0 Å². The molecule has 0 aliphatic rings. The van der Waals surface area contributed by atoms with Gasteiger partial charge in [0.1, 0.15) is 5.52 Å². The summed E-state index contributed by atoms with van der Waals surface area (Å²) in [5.74, 6) is 0.132. The molecule has 2 aromatic rings. The molecule has 2 rings (SSSR count). The van der Waals surface area contributed by atoms with Crippen LogP contribution < -0.4 is 5.73 Å². The minimum Gasteiger partial charge on any atom is -0.441 e. The van der Waals surface area contributed by atoms with Crippen molar-refractivity contribution in [2.75, 3.05) is 6.54 Å². The van der Waals surface area contributed by atoms with Crippen molar-refractivity contribution in [3.05, 3.63) is 29.9 Å². The predicted octanol–water partition coefficient (Wildman–Crippen LogP) is 1.47. The molecule has 0 saturated heterocycles. The van der Waals surface area contributed by atoms with Crippen molar-refractivity contribution in [3.63, 3.8) is 0 Å². The molecule has 0 amide bonds. The first-order chi connectivity index (χ1) is 6.31. The van der Waals surface area contributed by atoms with Gasteiger partial charge in [-0.2, -0.15) is 0 Å². The zero-order valence-electron chi connectivity index (χ0n) is 6.96. The first-order valence-electron chi connectivity index (χ1n) is 4.05. The first kappa shape index (κ1) is 8.19. The maximum absolute atomic E-state index is 13.1. The van der Waals surface area contributed by atoms with Crippen molar-refractivity contribution < 1.29 is 8.81 Å². The van der Waals surface area contributed by atoms with Gasteiger partial charge in [-0.05, 0) is 12.1 Å². The topological polar surface area (TPSA) is 52.0 Å². The fourth-order valence-corrected chi connectivity index (χ4v) is 1.19. The van der Waals surface area contributed by atoms with E-state index >= 15 is 0 Å². The second-order valence-electron chi connectivity index (χ2n) is 2.73. The number of halogens is 1. The molecule has 0 unspecified atom stereocenters. The molecular formula is C9H9FN2O. The fourth-order valence-electron chi connectivity index (χ4n) is 1.19. The average molecular weight is 180 g/mol. The zero-order chi connectivity index (χ0) is 9.26. The molecule has 0 radical (unpaired) electrons.